The van der Waals surface area contributed by atoms with Crippen molar-refractivity contribution in [3.63, 3.8) is 0 Å². The Hall–Kier alpha value is -6.39. The molecule has 1 aliphatic carbocycles. The minimum Gasteiger partial charge on any atom is -0.423 e. The Balaban J connectivity index is 1.15. The lowest BCUT2D eigenvalue weighted by Gasteiger charge is -2.21. The molecule has 1 aliphatic rings. The van der Waals surface area contributed by atoms with Crippen LogP contribution in [0.3, 0.4) is 0 Å². The monoisotopic (exact) mass is 641 g/mol. The van der Waals surface area contributed by atoms with Crippen molar-refractivity contribution >= 4 is 54.7 Å². The highest BCUT2D eigenvalue weighted by Crippen LogP contribution is 2.51. The van der Waals surface area contributed by atoms with Gasteiger partial charge < -0.3 is 8.98 Å². The van der Waals surface area contributed by atoms with E-state index in [1.807, 2.05) is 24.3 Å². The van der Waals surface area contributed by atoms with Gasteiger partial charge in [0.25, 0.3) is 0 Å². The third-order valence-electron chi connectivity index (χ3n) is 11.0. The maximum Gasteiger partial charge on any atom is 0.307 e. The molecule has 236 valence electrons. The van der Waals surface area contributed by atoms with E-state index in [0.717, 1.165) is 22.1 Å². The highest BCUT2D eigenvalue weighted by molar-refractivity contribution is 6.14. The Labute approximate surface area is 288 Å². The van der Waals surface area contributed by atoms with Crippen molar-refractivity contribution in [3.8, 4) is 34.0 Å². The van der Waals surface area contributed by atoms with Gasteiger partial charge in [-0.05, 0) is 100 Å². The molecule has 0 aliphatic heterocycles. The van der Waals surface area contributed by atoms with E-state index >= 15 is 0 Å². The average Bonchev–Trinajstić information content (AvgIpc) is 3.88. The van der Waals surface area contributed by atoms with E-state index in [4.69, 9.17) is 9.40 Å². The Morgan fingerprint density at radius 2 is 1.12 bits per heavy atom. The van der Waals surface area contributed by atoms with Crippen molar-refractivity contribution in [2.75, 3.05) is 0 Å². The van der Waals surface area contributed by atoms with Crippen LogP contribution in [0.5, 0.6) is 0 Å². The minimum absolute atomic E-state index is 0.0765. The summed E-state index contributed by atoms with van der Waals surface area (Å²) in [6.45, 7) is 4.72. The zero-order valence-electron chi connectivity index (χ0n) is 27.7. The molecule has 0 saturated heterocycles. The van der Waals surface area contributed by atoms with Gasteiger partial charge in [-0.15, -0.1) is 0 Å². The van der Waals surface area contributed by atoms with Crippen molar-refractivity contribution in [1.82, 2.24) is 14.1 Å². The molecule has 0 unspecified atom stereocenters. The van der Waals surface area contributed by atoms with Gasteiger partial charge in [0, 0.05) is 32.6 Å². The van der Waals surface area contributed by atoms with Crippen LogP contribution in [0.25, 0.3) is 88.7 Å². The first-order valence-electron chi connectivity index (χ1n) is 17.2. The third-order valence-corrected chi connectivity index (χ3v) is 11.0. The van der Waals surface area contributed by atoms with Gasteiger partial charge in [-0.1, -0.05) is 98.8 Å². The van der Waals surface area contributed by atoms with E-state index in [2.05, 4.69) is 150 Å². The standard InChI is InChI=1S/C46H31N3O/c1-46(2)37-16-8-6-14-31(37)33-27-43-36(26-38(33)46)35-25-29(20-22-41(35)48(43)30-12-4-3-5-13-30)28-21-23-42-34(24-28)32-15-7-10-18-40(32)49(42)45-47-39-17-9-11-19-44(39)50-45/h3-27H,1-2H3. The van der Waals surface area contributed by atoms with E-state index in [-0.39, 0.29) is 5.41 Å². The first kappa shape index (κ1) is 27.5. The molecule has 0 bridgehead atoms. The number of nitrogens with zero attached hydrogens (tertiary/aromatic N) is 3. The summed E-state index contributed by atoms with van der Waals surface area (Å²) in [6.07, 6.45) is 0. The summed E-state index contributed by atoms with van der Waals surface area (Å²) in [4.78, 5) is 4.87. The molecule has 4 heteroatoms. The quantitative estimate of drug-likeness (QED) is 0.192. The summed E-state index contributed by atoms with van der Waals surface area (Å²) >= 11 is 0. The highest BCUT2D eigenvalue weighted by atomic mass is 16.4. The van der Waals surface area contributed by atoms with E-state index in [0.29, 0.717) is 6.01 Å². The number of hydrogen-bond donors (Lipinski definition) is 0. The summed E-state index contributed by atoms with van der Waals surface area (Å²) in [6, 6.07) is 55.3. The Morgan fingerprint density at radius 3 is 1.94 bits per heavy atom. The molecule has 0 saturated carbocycles. The summed E-state index contributed by atoms with van der Waals surface area (Å²) in [5.41, 5.74) is 15.1. The predicted molar refractivity (Wildman–Crippen MR) is 206 cm³/mol. The van der Waals surface area contributed by atoms with Crippen molar-refractivity contribution in [2.24, 2.45) is 0 Å². The Bertz CT molecular complexity index is 2980. The predicted octanol–water partition coefficient (Wildman–Crippen LogP) is 12.0. The summed E-state index contributed by atoms with van der Waals surface area (Å²) in [5, 5.41) is 4.87. The Kier molecular flexibility index (Phi) is 5.42. The van der Waals surface area contributed by atoms with Gasteiger partial charge in [0.05, 0.1) is 22.1 Å². The number of aromatic nitrogens is 3. The average molecular weight is 642 g/mol. The smallest absolute Gasteiger partial charge is 0.307 e. The first-order chi connectivity index (χ1) is 24.5. The van der Waals surface area contributed by atoms with E-state index in [1.165, 1.54) is 71.6 Å². The van der Waals surface area contributed by atoms with Crippen LogP contribution in [0.15, 0.2) is 156 Å². The molecular weight excluding hydrogens is 611 g/mol. The van der Waals surface area contributed by atoms with Crippen LogP contribution in [0.1, 0.15) is 25.0 Å². The second kappa shape index (κ2) is 9.83. The molecule has 10 aromatic rings. The molecular formula is C46H31N3O. The van der Waals surface area contributed by atoms with Crippen molar-refractivity contribution < 1.29 is 4.42 Å². The fourth-order valence-corrected chi connectivity index (χ4v) is 8.56. The zero-order chi connectivity index (χ0) is 33.1. The maximum absolute atomic E-state index is 6.29. The van der Waals surface area contributed by atoms with Gasteiger partial charge in [0.1, 0.15) is 5.52 Å². The van der Waals surface area contributed by atoms with E-state index in [9.17, 15) is 0 Å². The van der Waals surface area contributed by atoms with E-state index < -0.39 is 0 Å². The molecule has 0 radical (unpaired) electrons. The van der Waals surface area contributed by atoms with Crippen LogP contribution >= 0.6 is 0 Å². The van der Waals surface area contributed by atoms with Crippen LogP contribution in [0.2, 0.25) is 0 Å². The fraction of sp³-hybridized carbons (Fsp3) is 0.0652. The summed E-state index contributed by atoms with van der Waals surface area (Å²) in [5.74, 6) is 0. The zero-order valence-corrected chi connectivity index (χ0v) is 27.7. The second-order valence-corrected chi connectivity index (χ2v) is 14.0. The van der Waals surface area contributed by atoms with Gasteiger partial charge in [-0.25, -0.2) is 0 Å². The minimum atomic E-state index is -0.0765. The lowest BCUT2D eigenvalue weighted by molar-refractivity contribution is 0.574. The molecule has 0 fully saturated rings. The van der Waals surface area contributed by atoms with Crippen molar-refractivity contribution in [3.05, 3.63) is 163 Å². The van der Waals surface area contributed by atoms with Crippen LogP contribution in [0.4, 0.5) is 0 Å². The van der Waals surface area contributed by atoms with Crippen LogP contribution in [-0.4, -0.2) is 14.1 Å². The fourth-order valence-electron chi connectivity index (χ4n) is 8.56. The van der Waals surface area contributed by atoms with Crippen LogP contribution in [-0.2, 0) is 5.41 Å². The normalized spacial score (nSPS) is 13.6. The van der Waals surface area contributed by atoms with Crippen LogP contribution in [0, 0.1) is 0 Å². The summed E-state index contributed by atoms with van der Waals surface area (Å²) < 4.78 is 10.9. The molecule has 3 heterocycles. The molecule has 11 rings (SSSR count). The molecule has 7 aromatic carbocycles. The van der Waals surface area contributed by atoms with Gasteiger partial charge in [0.15, 0.2) is 5.58 Å². The van der Waals surface area contributed by atoms with Crippen molar-refractivity contribution in [2.45, 2.75) is 19.3 Å². The molecule has 0 amide bonds. The number of hydrogen-bond acceptors (Lipinski definition) is 2. The Morgan fingerprint density at radius 1 is 0.480 bits per heavy atom. The lowest BCUT2D eigenvalue weighted by atomic mass is 9.82. The van der Waals surface area contributed by atoms with Crippen LogP contribution < -0.4 is 0 Å². The van der Waals surface area contributed by atoms with Gasteiger partial charge >= 0.3 is 6.01 Å². The number of rotatable bonds is 3. The molecule has 0 atom stereocenters. The van der Waals surface area contributed by atoms with Gasteiger partial charge in [-0.2, -0.15) is 4.98 Å². The molecule has 0 spiro atoms. The van der Waals surface area contributed by atoms with E-state index in [1.54, 1.807) is 0 Å². The first-order valence-corrected chi connectivity index (χ1v) is 17.2. The lowest BCUT2D eigenvalue weighted by Crippen LogP contribution is -2.14. The van der Waals surface area contributed by atoms with Crippen molar-refractivity contribution in [1.29, 1.82) is 0 Å². The molecule has 3 aromatic heterocycles. The third kappa shape index (κ3) is 3.68. The number of fused-ring (bicyclic) bond motifs is 10. The largest absolute Gasteiger partial charge is 0.423 e. The summed E-state index contributed by atoms with van der Waals surface area (Å²) in [7, 11) is 0. The molecule has 4 nitrogen and oxygen atoms in total. The highest BCUT2D eigenvalue weighted by Gasteiger charge is 2.36. The van der Waals surface area contributed by atoms with Gasteiger partial charge in [0.2, 0.25) is 0 Å². The number of para-hydroxylation sites is 4. The van der Waals surface area contributed by atoms with Gasteiger partial charge in [-0.3, -0.25) is 4.57 Å². The number of oxazole rings is 1. The maximum atomic E-state index is 6.29. The topological polar surface area (TPSA) is 35.9 Å². The molecule has 0 N–H and O–H groups in total. The second-order valence-electron chi connectivity index (χ2n) is 14.0. The number of benzene rings is 7. The molecule has 50 heavy (non-hydrogen) atoms. The SMILES string of the molecule is CC1(C)c2ccccc2-c2cc3c(cc21)c1cc(-c2ccc4c(c2)c2ccccc2n4-c2nc4ccccc4o2)ccc1n3-c1ccccc1.